The molecule has 2 aromatic carbocycles. The molecule has 5 aliphatic rings. The van der Waals surface area contributed by atoms with Crippen LogP contribution in [0.2, 0.25) is 0 Å². The fourth-order valence-corrected chi connectivity index (χ4v) is 7.99. The zero-order valence-corrected chi connectivity index (χ0v) is 25.2. The molecule has 0 spiro atoms. The predicted octanol–water partition coefficient (Wildman–Crippen LogP) is 2.98. The van der Waals surface area contributed by atoms with E-state index in [1.807, 2.05) is 0 Å². The van der Waals surface area contributed by atoms with E-state index in [2.05, 4.69) is 0 Å². The molecule has 2 bridgehead atoms. The lowest BCUT2D eigenvalue weighted by molar-refractivity contribution is -0.182. The number of nitrogens with zero attached hydrogens (tertiary/aromatic N) is 2. The van der Waals surface area contributed by atoms with Crippen molar-refractivity contribution in [2.24, 2.45) is 34.5 Å². The second-order valence-electron chi connectivity index (χ2n) is 11.9. The summed E-state index contributed by atoms with van der Waals surface area (Å²) < 4.78 is 15.7. The Morgan fingerprint density at radius 1 is 0.689 bits per heavy atom. The number of carbonyl (C=O) groups excluding carboxylic acids is 7. The number of rotatable bonds is 6. The molecule has 2 heterocycles. The van der Waals surface area contributed by atoms with Gasteiger partial charge in [-0.25, -0.2) is 9.80 Å². The summed E-state index contributed by atoms with van der Waals surface area (Å²) in [7, 11) is 0. The molecule has 7 rings (SSSR count). The van der Waals surface area contributed by atoms with Crippen molar-refractivity contribution < 1.29 is 47.8 Å². The van der Waals surface area contributed by atoms with Gasteiger partial charge < -0.3 is 14.2 Å². The molecular formula is C33H30N2O10. The van der Waals surface area contributed by atoms with Gasteiger partial charge in [0.05, 0.1) is 41.7 Å². The first-order valence-electron chi connectivity index (χ1n) is 14.5. The van der Waals surface area contributed by atoms with Crippen LogP contribution in [0, 0.1) is 34.5 Å². The van der Waals surface area contributed by atoms with Crippen molar-refractivity contribution in [2.75, 3.05) is 16.4 Å². The van der Waals surface area contributed by atoms with Gasteiger partial charge in [-0.05, 0) is 62.4 Å². The van der Waals surface area contributed by atoms with Crippen molar-refractivity contribution in [1.29, 1.82) is 0 Å². The SMILES string of the molecule is CCOC(=O)C12C(C)=CC(C)([C@H]3C(=O)N(c4ccc(OC(C)=O)cc4)C(=O)[C@H]31)[C@H]1C(=O)N(c3ccc(OC(C)=O)cc3)C(=O)[C@@H]12. The first kappa shape index (κ1) is 29.9. The molecular weight excluding hydrogens is 584 g/mol. The third-order valence-electron chi connectivity index (χ3n) is 9.44. The Balaban J connectivity index is 1.48. The number of benzene rings is 2. The van der Waals surface area contributed by atoms with Crippen LogP contribution in [-0.2, 0) is 38.3 Å². The average molecular weight is 615 g/mol. The summed E-state index contributed by atoms with van der Waals surface area (Å²) in [6.07, 6.45) is 1.68. The van der Waals surface area contributed by atoms with E-state index in [9.17, 15) is 33.6 Å². The number of hydrogen-bond donors (Lipinski definition) is 0. The van der Waals surface area contributed by atoms with Crippen molar-refractivity contribution in [2.45, 2.75) is 34.6 Å². The molecule has 2 aliphatic heterocycles. The highest BCUT2D eigenvalue weighted by Crippen LogP contribution is 2.71. The lowest BCUT2D eigenvalue weighted by Crippen LogP contribution is -2.66. The fourth-order valence-electron chi connectivity index (χ4n) is 7.99. The van der Waals surface area contributed by atoms with Gasteiger partial charge in [-0.2, -0.15) is 0 Å². The molecule has 6 atom stereocenters. The Bertz CT molecular complexity index is 1620. The van der Waals surface area contributed by atoms with E-state index >= 15 is 0 Å². The Hall–Kier alpha value is -5.13. The van der Waals surface area contributed by atoms with Gasteiger partial charge in [0.2, 0.25) is 23.6 Å². The molecule has 4 amide bonds. The number of ether oxygens (including phenoxy) is 3. The van der Waals surface area contributed by atoms with Crippen LogP contribution >= 0.6 is 0 Å². The zero-order valence-electron chi connectivity index (χ0n) is 25.2. The topological polar surface area (TPSA) is 154 Å². The molecule has 12 nitrogen and oxygen atoms in total. The van der Waals surface area contributed by atoms with Crippen LogP contribution < -0.4 is 19.3 Å². The maximum Gasteiger partial charge on any atom is 0.317 e. The lowest BCUT2D eigenvalue weighted by atomic mass is 9.39. The number of imide groups is 2. The zero-order chi connectivity index (χ0) is 32.6. The van der Waals surface area contributed by atoms with Crippen LogP contribution in [0.15, 0.2) is 60.2 Å². The average Bonchev–Trinajstić information content (AvgIpc) is 3.40. The molecule has 2 saturated heterocycles. The summed E-state index contributed by atoms with van der Waals surface area (Å²) in [5.74, 6) is -9.10. The maximum absolute atomic E-state index is 14.4. The Labute approximate surface area is 257 Å². The summed E-state index contributed by atoms with van der Waals surface area (Å²) in [5, 5.41) is 0. The van der Waals surface area contributed by atoms with Crippen LogP contribution in [0.25, 0.3) is 0 Å². The first-order valence-corrected chi connectivity index (χ1v) is 14.5. The maximum atomic E-state index is 14.4. The number of hydrogen-bond acceptors (Lipinski definition) is 10. The van der Waals surface area contributed by atoms with Crippen LogP contribution in [0.4, 0.5) is 11.4 Å². The summed E-state index contributed by atoms with van der Waals surface area (Å²) in [6.45, 7) is 7.32. The van der Waals surface area contributed by atoms with E-state index in [1.54, 1.807) is 26.8 Å². The molecule has 0 N–H and O–H groups in total. The highest BCUT2D eigenvalue weighted by molar-refractivity contribution is 6.29. The van der Waals surface area contributed by atoms with Gasteiger partial charge in [-0.1, -0.05) is 18.6 Å². The van der Waals surface area contributed by atoms with E-state index in [-0.39, 0.29) is 29.5 Å². The molecule has 3 aliphatic carbocycles. The standard InChI is InChI=1S/C33H30N2O10/c1-6-43-31(42)33-16(2)15-32(5,23-25(33)29(40)34(27(23)38)19-7-11-21(12-8-19)44-17(3)36)24-26(33)30(41)35(28(24)39)20-9-13-22(14-10-20)45-18(4)37/h7-15,23-26H,6H2,1-5H3/t23-,24-,25-,26+,32?,33?/m1/s1. The van der Waals surface area contributed by atoms with Gasteiger partial charge in [0, 0.05) is 19.3 Å². The monoisotopic (exact) mass is 614 g/mol. The Morgan fingerprint density at radius 3 is 1.42 bits per heavy atom. The lowest BCUT2D eigenvalue weighted by Gasteiger charge is -2.58. The molecule has 12 heteroatoms. The molecule has 3 fully saturated rings. The quantitative estimate of drug-likeness (QED) is 0.205. The van der Waals surface area contributed by atoms with Crippen molar-refractivity contribution in [1.82, 2.24) is 0 Å². The number of amides is 4. The molecule has 0 radical (unpaired) electrons. The number of esters is 3. The summed E-state index contributed by atoms with van der Waals surface area (Å²) in [5.41, 5.74) is -2.49. The van der Waals surface area contributed by atoms with Gasteiger partial charge in [0.25, 0.3) is 0 Å². The largest absolute Gasteiger partial charge is 0.465 e. The molecule has 2 aromatic rings. The summed E-state index contributed by atoms with van der Waals surface area (Å²) in [4.78, 5) is 96.2. The second-order valence-corrected chi connectivity index (χ2v) is 11.9. The minimum absolute atomic E-state index is 0.0627. The highest BCUT2D eigenvalue weighted by atomic mass is 16.5. The summed E-state index contributed by atoms with van der Waals surface area (Å²) >= 11 is 0. The predicted molar refractivity (Wildman–Crippen MR) is 155 cm³/mol. The minimum atomic E-state index is -1.93. The molecule has 2 unspecified atom stereocenters. The van der Waals surface area contributed by atoms with Crippen molar-refractivity contribution in [3.8, 4) is 11.5 Å². The summed E-state index contributed by atoms with van der Waals surface area (Å²) in [6, 6.07) is 11.5. The smallest absolute Gasteiger partial charge is 0.317 e. The van der Waals surface area contributed by atoms with Crippen LogP contribution in [-0.4, -0.2) is 48.1 Å². The highest BCUT2D eigenvalue weighted by Gasteiger charge is 2.82. The molecule has 45 heavy (non-hydrogen) atoms. The minimum Gasteiger partial charge on any atom is -0.465 e. The van der Waals surface area contributed by atoms with E-state index < -0.39 is 76.0 Å². The molecule has 232 valence electrons. The Morgan fingerprint density at radius 2 is 1.07 bits per heavy atom. The van der Waals surface area contributed by atoms with Crippen LogP contribution in [0.1, 0.15) is 34.6 Å². The normalized spacial score (nSPS) is 29.8. The first-order chi connectivity index (χ1) is 21.3. The fraction of sp³-hybridized carbons (Fsp3) is 0.364. The molecule has 0 aromatic heterocycles. The Kier molecular flexibility index (Phi) is 6.79. The van der Waals surface area contributed by atoms with Gasteiger partial charge in [-0.15, -0.1) is 0 Å². The van der Waals surface area contributed by atoms with Crippen molar-refractivity contribution >= 4 is 52.9 Å². The number of carbonyl (C=O) groups is 7. The second kappa shape index (κ2) is 10.2. The van der Waals surface area contributed by atoms with Gasteiger partial charge in [0.1, 0.15) is 16.9 Å². The third kappa shape index (κ3) is 4.00. The van der Waals surface area contributed by atoms with E-state index in [4.69, 9.17) is 14.2 Å². The van der Waals surface area contributed by atoms with Gasteiger partial charge in [-0.3, -0.25) is 33.6 Å². The van der Waals surface area contributed by atoms with Crippen LogP contribution in [0.5, 0.6) is 11.5 Å². The van der Waals surface area contributed by atoms with Crippen molar-refractivity contribution in [3.63, 3.8) is 0 Å². The van der Waals surface area contributed by atoms with Crippen LogP contribution in [0.3, 0.4) is 0 Å². The van der Waals surface area contributed by atoms with Crippen molar-refractivity contribution in [3.05, 3.63) is 60.2 Å². The third-order valence-corrected chi connectivity index (χ3v) is 9.44. The number of allylic oxidation sites excluding steroid dienone is 1. The molecule has 1 saturated carbocycles. The van der Waals surface area contributed by atoms with E-state index in [0.29, 0.717) is 5.57 Å². The van der Waals surface area contributed by atoms with Gasteiger partial charge in [0.15, 0.2) is 0 Å². The van der Waals surface area contributed by atoms with E-state index in [0.717, 1.165) is 9.80 Å². The van der Waals surface area contributed by atoms with Gasteiger partial charge >= 0.3 is 17.9 Å². The van der Waals surface area contributed by atoms with E-state index in [1.165, 1.54) is 62.4 Å². The number of anilines is 2.